The van der Waals surface area contributed by atoms with Crippen LogP contribution in [0.15, 0.2) is 35.1 Å². The van der Waals surface area contributed by atoms with Gasteiger partial charge in [-0.05, 0) is 39.7 Å². The molecule has 6 heteroatoms. The highest BCUT2D eigenvalue weighted by molar-refractivity contribution is 9.10. The number of aliphatic hydroxyl groups excluding tert-OH is 1. The van der Waals surface area contributed by atoms with Crippen LogP contribution in [0, 0.1) is 5.82 Å². The van der Waals surface area contributed by atoms with Crippen molar-refractivity contribution in [3.8, 4) is 11.5 Å². The first kappa shape index (κ1) is 14.7. The molecule has 0 saturated carbocycles. The van der Waals surface area contributed by atoms with E-state index in [2.05, 4.69) is 20.9 Å². The van der Waals surface area contributed by atoms with Crippen LogP contribution < -0.4 is 9.47 Å². The van der Waals surface area contributed by atoms with Gasteiger partial charge in [-0.2, -0.15) is 0 Å². The molecule has 0 atom stereocenters. The molecule has 0 amide bonds. The summed E-state index contributed by atoms with van der Waals surface area (Å²) >= 11 is 3.36. The molecular formula is C14H13BrFNO3. The van der Waals surface area contributed by atoms with E-state index in [1.807, 2.05) is 0 Å². The lowest BCUT2D eigenvalue weighted by Gasteiger charge is -2.13. The molecule has 0 fully saturated rings. The van der Waals surface area contributed by atoms with Crippen LogP contribution in [-0.2, 0) is 13.2 Å². The fraction of sp³-hybridized carbons (Fsp3) is 0.214. The van der Waals surface area contributed by atoms with Gasteiger partial charge >= 0.3 is 0 Å². The smallest absolute Gasteiger partial charge is 0.175 e. The second-order valence-electron chi connectivity index (χ2n) is 4.07. The maximum Gasteiger partial charge on any atom is 0.175 e. The zero-order valence-corrected chi connectivity index (χ0v) is 12.4. The number of benzene rings is 1. The van der Waals surface area contributed by atoms with Gasteiger partial charge in [0.05, 0.1) is 24.4 Å². The molecule has 0 saturated heterocycles. The topological polar surface area (TPSA) is 51.6 Å². The lowest BCUT2D eigenvalue weighted by Crippen LogP contribution is -2.00. The van der Waals surface area contributed by atoms with Crippen molar-refractivity contribution in [1.29, 1.82) is 0 Å². The van der Waals surface area contributed by atoms with E-state index >= 15 is 0 Å². The van der Waals surface area contributed by atoms with Gasteiger partial charge in [0, 0.05) is 11.8 Å². The molecule has 0 aliphatic heterocycles. The van der Waals surface area contributed by atoms with E-state index in [9.17, 15) is 4.39 Å². The number of aliphatic hydroxyl groups is 1. The molecule has 2 aromatic rings. The fourth-order valence-corrected chi connectivity index (χ4v) is 2.30. The second-order valence-corrected chi connectivity index (χ2v) is 4.92. The van der Waals surface area contributed by atoms with Crippen molar-refractivity contribution in [2.24, 2.45) is 0 Å². The predicted octanol–water partition coefficient (Wildman–Crippen LogP) is 3.06. The van der Waals surface area contributed by atoms with Crippen molar-refractivity contribution in [3.63, 3.8) is 0 Å². The van der Waals surface area contributed by atoms with Crippen LogP contribution in [0.4, 0.5) is 4.39 Å². The van der Waals surface area contributed by atoms with Crippen LogP contribution in [0.2, 0.25) is 0 Å². The number of ether oxygens (including phenoxy) is 2. The van der Waals surface area contributed by atoms with Crippen molar-refractivity contribution in [2.45, 2.75) is 13.2 Å². The minimum absolute atomic E-state index is 0.0942. The number of methoxy groups -OCH3 is 1. The molecular weight excluding hydrogens is 329 g/mol. The summed E-state index contributed by atoms with van der Waals surface area (Å²) in [6, 6.07) is 4.78. The summed E-state index contributed by atoms with van der Waals surface area (Å²) in [5.41, 5.74) is 1.32. The monoisotopic (exact) mass is 341 g/mol. The van der Waals surface area contributed by atoms with E-state index in [4.69, 9.17) is 14.6 Å². The van der Waals surface area contributed by atoms with Crippen LogP contribution in [0.3, 0.4) is 0 Å². The van der Waals surface area contributed by atoms with Gasteiger partial charge in [0.25, 0.3) is 0 Å². The van der Waals surface area contributed by atoms with E-state index < -0.39 is 5.82 Å². The Hall–Kier alpha value is -1.66. The summed E-state index contributed by atoms with van der Waals surface area (Å²) in [7, 11) is 1.51. The SMILES string of the molecule is COc1cc(CO)cc(Br)c1OCc1cncc(F)c1. The summed E-state index contributed by atoms with van der Waals surface area (Å²) in [6.45, 7) is 0.0707. The first-order valence-electron chi connectivity index (χ1n) is 5.83. The molecule has 2 rings (SSSR count). The zero-order chi connectivity index (χ0) is 14.5. The molecule has 0 spiro atoms. The maximum absolute atomic E-state index is 13.0. The molecule has 0 bridgehead atoms. The first-order chi connectivity index (χ1) is 9.63. The third-order valence-corrected chi connectivity index (χ3v) is 3.21. The lowest BCUT2D eigenvalue weighted by atomic mass is 10.2. The Kier molecular flexibility index (Phi) is 4.92. The highest BCUT2D eigenvalue weighted by Crippen LogP contribution is 2.37. The number of aromatic nitrogens is 1. The maximum atomic E-state index is 13.0. The third-order valence-electron chi connectivity index (χ3n) is 2.62. The van der Waals surface area contributed by atoms with Crippen molar-refractivity contribution in [1.82, 2.24) is 4.98 Å². The zero-order valence-electron chi connectivity index (χ0n) is 10.8. The Labute approximate surface area is 124 Å². The number of hydrogen-bond acceptors (Lipinski definition) is 4. The molecule has 1 N–H and O–H groups in total. The summed E-state index contributed by atoms with van der Waals surface area (Å²) in [4.78, 5) is 3.76. The average Bonchev–Trinajstić information content (AvgIpc) is 2.45. The first-order valence-corrected chi connectivity index (χ1v) is 6.63. The third kappa shape index (κ3) is 3.46. The van der Waals surface area contributed by atoms with Crippen LogP contribution in [0.5, 0.6) is 11.5 Å². The van der Waals surface area contributed by atoms with Gasteiger partial charge < -0.3 is 14.6 Å². The standard InChI is InChI=1S/C14H13BrFNO3/c1-19-13-4-9(7-18)3-12(15)14(13)20-8-10-2-11(16)6-17-5-10/h2-6,18H,7-8H2,1H3. The highest BCUT2D eigenvalue weighted by atomic mass is 79.9. The lowest BCUT2D eigenvalue weighted by molar-refractivity contribution is 0.272. The van der Waals surface area contributed by atoms with E-state index in [-0.39, 0.29) is 13.2 Å². The van der Waals surface area contributed by atoms with Gasteiger partial charge in [-0.25, -0.2) is 4.39 Å². The summed E-state index contributed by atoms with van der Waals surface area (Å²) in [6.07, 6.45) is 2.67. The van der Waals surface area contributed by atoms with Gasteiger partial charge in [-0.15, -0.1) is 0 Å². The Balaban J connectivity index is 2.20. The van der Waals surface area contributed by atoms with Crippen molar-refractivity contribution in [2.75, 3.05) is 7.11 Å². The van der Waals surface area contributed by atoms with E-state index in [1.54, 1.807) is 12.1 Å². The van der Waals surface area contributed by atoms with Crippen LogP contribution in [0.25, 0.3) is 0 Å². The molecule has 0 aliphatic rings. The Bertz CT molecular complexity index is 607. The molecule has 1 aromatic carbocycles. The van der Waals surface area contributed by atoms with E-state index in [0.717, 1.165) is 6.20 Å². The Morgan fingerprint density at radius 3 is 2.70 bits per heavy atom. The molecule has 1 aromatic heterocycles. The van der Waals surface area contributed by atoms with E-state index in [0.29, 0.717) is 27.1 Å². The molecule has 20 heavy (non-hydrogen) atoms. The molecule has 0 aliphatic carbocycles. The summed E-state index contributed by atoms with van der Waals surface area (Å²) < 4.78 is 24.6. The second kappa shape index (κ2) is 6.67. The highest BCUT2D eigenvalue weighted by Gasteiger charge is 2.12. The van der Waals surface area contributed by atoms with Crippen LogP contribution in [-0.4, -0.2) is 17.2 Å². The summed E-state index contributed by atoms with van der Waals surface area (Å²) in [5, 5.41) is 9.14. The van der Waals surface area contributed by atoms with Gasteiger partial charge in [0.15, 0.2) is 11.5 Å². The summed E-state index contributed by atoms with van der Waals surface area (Å²) in [5.74, 6) is 0.578. The largest absolute Gasteiger partial charge is 0.493 e. The molecule has 1 heterocycles. The number of hydrogen-bond donors (Lipinski definition) is 1. The van der Waals surface area contributed by atoms with Gasteiger partial charge in [-0.1, -0.05) is 0 Å². The number of pyridine rings is 1. The van der Waals surface area contributed by atoms with Gasteiger partial charge in [0.1, 0.15) is 12.4 Å². The molecule has 106 valence electrons. The van der Waals surface area contributed by atoms with Crippen molar-refractivity contribution >= 4 is 15.9 Å². The average molecular weight is 342 g/mol. The predicted molar refractivity (Wildman–Crippen MR) is 75.1 cm³/mol. The van der Waals surface area contributed by atoms with Crippen LogP contribution >= 0.6 is 15.9 Å². The van der Waals surface area contributed by atoms with Crippen LogP contribution in [0.1, 0.15) is 11.1 Å². The van der Waals surface area contributed by atoms with Crippen molar-refractivity contribution in [3.05, 3.63) is 52.0 Å². The number of nitrogens with zero attached hydrogens (tertiary/aromatic N) is 1. The van der Waals surface area contributed by atoms with E-state index in [1.165, 1.54) is 19.4 Å². The number of rotatable bonds is 5. The Morgan fingerprint density at radius 1 is 1.25 bits per heavy atom. The molecule has 4 nitrogen and oxygen atoms in total. The minimum Gasteiger partial charge on any atom is -0.493 e. The fourth-order valence-electron chi connectivity index (χ4n) is 1.69. The van der Waals surface area contributed by atoms with Gasteiger partial charge in [-0.3, -0.25) is 4.98 Å². The minimum atomic E-state index is -0.409. The number of halogens is 2. The molecule has 0 radical (unpaired) electrons. The van der Waals surface area contributed by atoms with Gasteiger partial charge in [0.2, 0.25) is 0 Å². The van der Waals surface area contributed by atoms with Crippen molar-refractivity contribution < 1.29 is 19.0 Å². The quantitative estimate of drug-likeness (QED) is 0.907. The Morgan fingerprint density at radius 2 is 2.05 bits per heavy atom. The molecule has 0 unspecified atom stereocenters. The normalized spacial score (nSPS) is 10.4.